The van der Waals surface area contributed by atoms with Crippen LogP contribution in [0.1, 0.15) is 27.9 Å². The molecule has 1 N–H and O–H groups in total. The van der Waals surface area contributed by atoms with E-state index in [1.54, 1.807) is 42.5 Å². The number of anilines is 2. The molecule has 0 spiro atoms. The van der Waals surface area contributed by atoms with Crippen molar-refractivity contribution in [3.05, 3.63) is 88.3 Å². The highest BCUT2D eigenvalue weighted by molar-refractivity contribution is 7.59. The highest BCUT2D eigenvalue weighted by Crippen LogP contribution is 2.29. The third-order valence-electron chi connectivity index (χ3n) is 5.37. The molecule has 0 saturated carbocycles. The molecule has 8 heteroatoms. The summed E-state index contributed by atoms with van der Waals surface area (Å²) in [5.41, 5.74) is 2.66. The van der Waals surface area contributed by atoms with Crippen molar-refractivity contribution in [1.29, 1.82) is 0 Å². The smallest absolute Gasteiger partial charge is 0.194 e. The molecule has 1 atom stereocenters. The van der Waals surface area contributed by atoms with Crippen LogP contribution in [0.15, 0.2) is 60.8 Å². The van der Waals surface area contributed by atoms with Crippen LogP contribution in [0.5, 0.6) is 0 Å². The van der Waals surface area contributed by atoms with Crippen LogP contribution in [0.3, 0.4) is 0 Å². The monoisotopic (exact) mass is 471 g/mol. The molecule has 5 nitrogen and oxygen atoms in total. The summed E-state index contributed by atoms with van der Waals surface area (Å²) in [6, 6.07) is 15.5. The Balaban J connectivity index is 0.00000289. The summed E-state index contributed by atoms with van der Waals surface area (Å²) in [7, 11) is 0. The number of hydrogen-bond acceptors (Lipinski definition) is 5. The Morgan fingerprint density at radius 1 is 1.22 bits per heavy atom. The lowest BCUT2D eigenvalue weighted by Gasteiger charge is -2.22. The van der Waals surface area contributed by atoms with Crippen LogP contribution in [0.2, 0.25) is 5.02 Å². The van der Waals surface area contributed by atoms with Crippen molar-refractivity contribution in [2.75, 3.05) is 23.3 Å². The van der Waals surface area contributed by atoms with Gasteiger partial charge in [-0.05, 0) is 54.4 Å². The fourth-order valence-corrected chi connectivity index (χ4v) is 4.08. The number of aromatic nitrogens is 1. The average Bonchev–Trinajstić information content (AvgIpc) is 3.24. The Morgan fingerprint density at radius 2 is 2.03 bits per heavy atom. The van der Waals surface area contributed by atoms with Crippen LogP contribution in [-0.4, -0.2) is 36.2 Å². The fourth-order valence-electron chi connectivity index (χ4n) is 3.86. The van der Waals surface area contributed by atoms with Crippen molar-refractivity contribution in [3.8, 4) is 0 Å². The molecule has 3 aromatic rings. The number of nitrogens with one attached hydrogen (secondary N) is 1. The number of ketones is 1. The van der Waals surface area contributed by atoms with Gasteiger partial charge >= 0.3 is 0 Å². The van der Waals surface area contributed by atoms with Gasteiger partial charge in [-0.2, -0.15) is 13.5 Å². The maximum atomic E-state index is 13.1. The highest BCUT2D eigenvalue weighted by Gasteiger charge is 2.25. The van der Waals surface area contributed by atoms with Gasteiger partial charge in [0.25, 0.3) is 0 Å². The second kappa shape index (κ2) is 10.6. The van der Waals surface area contributed by atoms with E-state index in [0.29, 0.717) is 28.5 Å². The van der Waals surface area contributed by atoms with E-state index < -0.39 is 0 Å². The molecule has 1 fully saturated rings. The molecule has 32 heavy (non-hydrogen) atoms. The number of benzene rings is 2. The minimum absolute atomic E-state index is 0. The normalized spacial score (nSPS) is 15.2. The zero-order chi connectivity index (χ0) is 21.8. The molecule has 1 aromatic heterocycles. The van der Waals surface area contributed by atoms with Crippen LogP contribution in [0.4, 0.5) is 15.9 Å². The summed E-state index contributed by atoms with van der Waals surface area (Å²) in [5, 5.41) is 3.72. The third-order valence-corrected chi connectivity index (χ3v) is 5.70. The number of halogens is 2. The first-order valence-corrected chi connectivity index (χ1v) is 10.4. The van der Waals surface area contributed by atoms with Crippen molar-refractivity contribution in [3.63, 3.8) is 0 Å². The summed E-state index contributed by atoms with van der Waals surface area (Å²) in [6.45, 7) is 1.51. The van der Waals surface area contributed by atoms with Crippen LogP contribution in [-0.2, 0) is 11.2 Å². The number of carbonyl (C=O) groups excluding carboxylic acids is 2. The van der Waals surface area contributed by atoms with Crippen LogP contribution >= 0.6 is 25.1 Å². The lowest BCUT2D eigenvalue weighted by atomic mass is 9.98. The van der Waals surface area contributed by atoms with Crippen molar-refractivity contribution < 1.29 is 14.0 Å². The number of hydrogen-bond donors (Lipinski definition) is 1. The molecule has 2 heterocycles. The van der Waals surface area contributed by atoms with Crippen LogP contribution < -0.4 is 10.2 Å². The highest BCUT2D eigenvalue weighted by atomic mass is 35.5. The standard InChI is InChI=1S/C24H21ClFN3O2.H2S/c25-21-4-2-1-3-20(21)24(31)17-5-7-22(16(13-17)10-12-30)29-11-9-19(15-29)28-23-8-6-18(26)14-27-23;/h1-8,12-14,19H,9-11,15H2,(H,27,28);1H2/t19-;/m0./s1. The summed E-state index contributed by atoms with van der Waals surface area (Å²) in [5.74, 6) is 0.0817. The van der Waals surface area contributed by atoms with E-state index in [9.17, 15) is 14.0 Å². The van der Waals surface area contributed by atoms with Gasteiger partial charge in [-0.3, -0.25) is 4.79 Å². The first kappa shape index (κ1) is 23.8. The number of carbonyl (C=O) groups is 2. The molecule has 2 aromatic carbocycles. The minimum atomic E-state index is -0.372. The van der Waals surface area contributed by atoms with E-state index in [1.165, 1.54) is 12.3 Å². The Bertz CT molecular complexity index is 1110. The van der Waals surface area contributed by atoms with E-state index in [0.717, 1.165) is 30.5 Å². The Kier molecular flexibility index (Phi) is 7.88. The second-order valence-corrected chi connectivity index (χ2v) is 7.87. The van der Waals surface area contributed by atoms with Crippen LogP contribution in [0.25, 0.3) is 0 Å². The molecule has 1 aliphatic rings. The summed E-state index contributed by atoms with van der Waals surface area (Å²) < 4.78 is 13.1. The number of pyridine rings is 1. The Hall–Kier alpha value is -2.90. The van der Waals surface area contributed by atoms with Crippen molar-refractivity contribution in [2.45, 2.75) is 18.9 Å². The molecular formula is C24H23ClFN3O2S. The second-order valence-electron chi connectivity index (χ2n) is 7.46. The molecule has 0 unspecified atom stereocenters. The van der Waals surface area contributed by atoms with E-state index in [1.807, 2.05) is 6.07 Å². The third kappa shape index (κ3) is 5.29. The van der Waals surface area contributed by atoms with Gasteiger partial charge in [0.2, 0.25) is 0 Å². The maximum Gasteiger partial charge on any atom is 0.194 e. The quantitative estimate of drug-likeness (QED) is 0.401. The zero-order valence-electron chi connectivity index (χ0n) is 17.2. The largest absolute Gasteiger partial charge is 0.369 e. The molecule has 0 aliphatic carbocycles. The van der Waals surface area contributed by atoms with Gasteiger partial charge in [0.05, 0.1) is 11.2 Å². The first-order valence-electron chi connectivity index (χ1n) is 10.0. The van der Waals surface area contributed by atoms with E-state index in [2.05, 4.69) is 15.2 Å². The number of aldehydes is 1. The van der Waals surface area contributed by atoms with E-state index in [-0.39, 0.29) is 37.6 Å². The van der Waals surface area contributed by atoms with Crippen molar-refractivity contribution >= 4 is 48.7 Å². The molecule has 0 radical (unpaired) electrons. The van der Waals surface area contributed by atoms with E-state index in [4.69, 9.17) is 11.6 Å². The molecule has 1 aliphatic heterocycles. The average molecular weight is 472 g/mol. The Labute approximate surface area is 198 Å². The van der Waals surface area contributed by atoms with Gasteiger partial charge in [0.1, 0.15) is 17.9 Å². The van der Waals surface area contributed by atoms with Gasteiger partial charge in [-0.15, -0.1) is 0 Å². The Morgan fingerprint density at radius 3 is 2.75 bits per heavy atom. The number of nitrogens with zero attached hydrogens (tertiary/aromatic N) is 2. The van der Waals surface area contributed by atoms with Gasteiger partial charge in [-0.1, -0.05) is 23.7 Å². The fraction of sp³-hybridized carbons (Fsp3) is 0.208. The van der Waals surface area contributed by atoms with E-state index >= 15 is 0 Å². The number of rotatable bonds is 7. The van der Waals surface area contributed by atoms with Gasteiger partial charge in [0, 0.05) is 42.4 Å². The molecule has 166 valence electrons. The molecule has 1 saturated heterocycles. The predicted octanol–water partition coefficient (Wildman–Crippen LogP) is 4.65. The first-order chi connectivity index (χ1) is 15.0. The molecule has 4 rings (SSSR count). The lowest BCUT2D eigenvalue weighted by Crippen LogP contribution is -2.27. The summed E-state index contributed by atoms with van der Waals surface area (Å²) >= 11 is 6.18. The topological polar surface area (TPSA) is 62.3 Å². The van der Waals surface area contributed by atoms with Gasteiger partial charge in [0.15, 0.2) is 5.78 Å². The van der Waals surface area contributed by atoms with Crippen LogP contribution in [0, 0.1) is 5.82 Å². The molecule has 0 bridgehead atoms. The van der Waals surface area contributed by atoms with Gasteiger partial charge in [-0.25, -0.2) is 9.37 Å². The van der Waals surface area contributed by atoms with Crippen molar-refractivity contribution in [2.24, 2.45) is 0 Å². The lowest BCUT2D eigenvalue weighted by molar-refractivity contribution is -0.107. The molecule has 0 amide bonds. The summed E-state index contributed by atoms with van der Waals surface area (Å²) in [6.07, 6.45) is 3.12. The van der Waals surface area contributed by atoms with Gasteiger partial charge < -0.3 is 15.0 Å². The predicted molar refractivity (Wildman–Crippen MR) is 130 cm³/mol. The zero-order valence-corrected chi connectivity index (χ0v) is 19.0. The summed E-state index contributed by atoms with van der Waals surface area (Å²) in [4.78, 5) is 30.4. The van der Waals surface area contributed by atoms with Crippen molar-refractivity contribution in [1.82, 2.24) is 4.98 Å². The maximum absolute atomic E-state index is 13.1. The SMILES string of the molecule is O=CCc1cc(C(=O)c2ccccc2Cl)ccc1N1CC[C@H](Nc2ccc(F)cn2)C1.S. The molecular weight excluding hydrogens is 449 g/mol. The minimum Gasteiger partial charge on any atom is -0.369 e.